The summed E-state index contributed by atoms with van der Waals surface area (Å²) in [6.45, 7) is 0.773. The predicted molar refractivity (Wildman–Crippen MR) is 43.7 cm³/mol. The van der Waals surface area contributed by atoms with Crippen LogP contribution in [0.2, 0.25) is 0 Å². The van der Waals surface area contributed by atoms with Crippen LogP contribution in [0.3, 0.4) is 0 Å². The third-order valence-electron chi connectivity index (χ3n) is 1.41. The molecule has 0 aliphatic heterocycles. The van der Waals surface area contributed by atoms with E-state index in [0.29, 0.717) is 0 Å². The lowest BCUT2D eigenvalue weighted by atomic mass is 10.3. The molecule has 6 heteroatoms. The lowest BCUT2D eigenvalue weighted by molar-refractivity contribution is -0.144. The van der Waals surface area contributed by atoms with Crippen LogP contribution in [0.15, 0.2) is 0 Å². The highest BCUT2D eigenvalue weighted by atomic mass is 16.4. The normalized spacial score (nSPS) is 9.38. The van der Waals surface area contributed by atoms with E-state index in [1.54, 1.807) is 0 Å². The van der Waals surface area contributed by atoms with Gasteiger partial charge in [-0.15, -0.1) is 0 Å². The van der Waals surface area contributed by atoms with Gasteiger partial charge in [-0.2, -0.15) is 0 Å². The van der Waals surface area contributed by atoms with Gasteiger partial charge in [-0.25, -0.2) is 0 Å². The molecule has 3 N–H and O–H groups in total. The number of amides is 2. The van der Waals surface area contributed by atoms with Crippen LogP contribution in [-0.4, -0.2) is 40.9 Å². The lowest BCUT2D eigenvalue weighted by Crippen LogP contribution is -2.40. The van der Waals surface area contributed by atoms with Gasteiger partial charge in [0.25, 0.3) is 0 Å². The Bertz CT molecular complexity index is 227. The number of carbonyl (C=O) groups is 3. The highest BCUT2D eigenvalue weighted by Gasteiger charge is 2.16. The number of nitrogens with two attached hydrogens (primary N) is 1. The Morgan fingerprint density at radius 3 is 2.23 bits per heavy atom. The van der Waals surface area contributed by atoms with Crippen LogP contribution in [0.1, 0.15) is 13.3 Å². The molecule has 13 heavy (non-hydrogen) atoms. The van der Waals surface area contributed by atoms with Crippen molar-refractivity contribution in [2.45, 2.75) is 13.3 Å². The number of imide groups is 1. The van der Waals surface area contributed by atoms with E-state index >= 15 is 0 Å². The molecule has 0 radical (unpaired) electrons. The van der Waals surface area contributed by atoms with E-state index in [-0.39, 0.29) is 19.5 Å². The number of hydrogen-bond donors (Lipinski definition) is 2. The minimum absolute atomic E-state index is 0.124. The Kier molecular flexibility index (Phi) is 4.68. The van der Waals surface area contributed by atoms with Gasteiger partial charge in [-0.1, -0.05) is 0 Å². The number of carboxylic acids is 1. The minimum Gasteiger partial charge on any atom is -0.481 e. The van der Waals surface area contributed by atoms with Gasteiger partial charge in [0.1, 0.15) is 0 Å². The molecule has 0 rings (SSSR count). The van der Waals surface area contributed by atoms with Crippen LogP contribution in [0.25, 0.3) is 0 Å². The molecule has 0 saturated heterocycles. The second kappa shape index (κ2) is 5.26. The standard InChI is InChI=1S/C7H12N2O4/c1-5(10)9(6(11)4-8)3-2-7(12)13/h2-4,8H2,1H3,(H,12,13). The maximum absolute atomic E-state index is 11.0. The van der Waals surface area contributed by atoms with E-state index in [1.165, 1.54) is 6.92 Å². The zero-order valence-electron chi connectivity index (χ0n) is 7.32. The Labute approximate surface area is 75.3 Å². The first kappa shape index (κ1) is 11.6. The molecule has 0 aromatic carbocycles. The van der Waals surface area contributed by atoms with Crippen LogP contribution in [0.5, 0.6) is 0 Å². The average molecular weight is 188 g/mol. The SMILES string of the molecule is CC(=O)N(CCC(=O)O)C(=O)CN. The largest absolute Gasteiger partial charge is 0.481 e. The quantitative estimate of drug-likeness (QED) is 0.576. The molecule has 0 unspecified atom stereocenters. The van der Waals surface area contributed by atoms with Crippen molar-refractivity contribution < 1.29 is 19.5 Å². The summed E-state index contributed by atoms with van der Waals surface area (Å²) in [6, 6.07) is 0. The molecule has 6 nitrogen and oxygen atoms in total. The number of carboxylic acid groups (broad SMARTS) is 1. The van der Waals surface area contributed by atoms with Gasteiger partial charge in [0.05, 0.1) is 13.0 Å². The third kappa shape index (κ3) is 4.22. The Hall–Kier alpha value is -1.43. The molecule has 0 aromatic heterocycles. The Morgan fingerprint density at radius 2 is 1.92 bits per heavy atom. The molecule has 74 valence electrons. The van der Waals surface area contributed by atoms with Crippen LogP contribution < -0.4 is 5.73 Å². The fourth-order valence-electron chi connectivity index (χ4n) is 0.775. The van der Waals surface area contributed by atoms with Crippen molar-refractivity contribution in [1.82, 2.24) is 4.90 Å². The van der Waals surface area contributed by atoms with E-state index in [4.69, 9.17) is 10.8 Å². The van der Waals surface area contributed by atoms with E-state index in [0.717, 1.165) is 4.90 Å². The number of rotatable bonds is 4. The van der Waals surface area contributed by atoms with Crippen molar-refractivity contribution in [2.75, 3.05) is 13.1 Å². The highest BCUT2D eigenvalue weighted by Crippen LogP contribution is 1.93. The fraction of sp³-hybridized carbons (Fsp3) is 0.571. The van der Waals surface area contributed by atoms with Gasteiger partial charge >= 0.3 is 5.97 Å². The number of carbonyl (C=O) groups excluding carboxylic acids is 2. The Balaban J connectivity index is 4.18. The molecule has 0 saturated carbocycles. The number of aliphatic carboxylic acids is 1. The van der Waals surface area contributed by atoms with Gasteiger partial charge in [0.2, 0.25) is 11.8 Å². The van der Waals surface area contributed by atoms with Gasteiger partial charge in [0.15, 0.2) is 0 Å². The molecular weight excluding hydrogens is 176 g/mol. The summed E-state index contributed by atoms with van der Waals surface area (Å²) in [5.41, 5.74) is 5.03. The van der Waals surface area contributed by atoms with Crippen LogP contribution in [0.4, 0.5) is 0 Å². The third-order valence-corrected chi connectivity index (χ3v) is 1.41. The van der Waals surface area contributed by atoms with E-state index < -0.39 is 17.8 Å². The summed E-state index contributed by atoms with van der Waals surface area (Å²) in [4.78, 5) is 32.8. The molecule has 2 amide bonds. The highest BCUT2D eigenvalue weighted by molar-refractivity contribution is 5.95. The van der Waals surface area contributed by atoms with Gasteiger partial charge in [-0.05, 0) is 0 Å². The molecule has 0 fully saturated rings. The maximum atomic E-state index is 11.0. The molecule has 0 heterocycles. The second-order valence-electron chi connectivity index (χ2n) is 2.41. The summed E-state index contributed by atoms with van der Waals surface area (Å²) in [7, 11) is 0. The van der Waals surface area contributed by atoms with Gasteiger partial charge in [-0.3, -0.25) is 19.3 Å². The summed E-state index contributed by atoms with van der Waals surface area (Å²) in [5.74, 6) is -2.11. The molecular formula is C7H12N2O4. The number of nitrogens with zero attached hydrogens (tertiary/aromatic N) is 1. The van der Waals surface area contributed by atoms with Crippen molar-refractivity contribution in [1.29, 1.82) is 0 Å². The molecule has 0 aliphatic rings. The monoisotopic (exact) mass is 188 g/mol. The average Bonchev–Trinajstić information content (AvgIpc) is 2.03. The summed E-state index contributed by atoms with van der Waals surface area (Å²) in [6.07, 6.45) is -0.259. The van der Waals surface area contributed by atoms with Crippen molar-refractivity contribution in [3.05, 3.63) is 0 Å². The zero-order chi connectivity index (χ0) is 10.4. The first-order chi connectivity index (χ1) is 5.99. The minimum atomic E-state index is -1.06. The van der Waals surface area contributed by atoms with Crippen molar-refractivity contribution in [2.24, 2.45) is 5.73 Å². The molecule has 0 bridgehead atoms. The van der Waals surface area contributed by atoms with Crippen molar-refractivity contribution in [3.63, 3.8) is 0 Å². The lowest BCUT2D eigenvalue weighted by Gasteiger charge is -2.16. The maximum Gasteiger partial charge on any atom is 0.305 e. The smallest absolute Gasteiger partial charge is 0.305 e. The van der Waals surface area contributed by atoms with Gasteiger partial charge < -0.3 is 10.8 Å². The first-order valence-electron chi connectivity index (χ1n) is 3.71. The van der Waals surface area contributed by atoms with Gasteiger partial charge in [0, 0.05) is 13.5 Å². The van der Waals surface area contributed by atoms with E-state index in [9.17, 15) is 14.4 Å². The van der Waals surface area contributed by atoms with Crippen LogP contribution in [0, 0.1) is 0 Å². The second-order valence-corrected chi connectivity index (χ2v) is 2.41. The molecule has 0 aromatic rings. The molecule has 0 spiro atoms. The zero-order valence-corrected chi connectivity index (χ0v) is 7.32. The topological polar surface area (TPSA) is 101 Å². The van der Waals surface area contributed by atoms with Crippen LogP contribution >= 0.6 is 0 Å². The molecule has 0 aliphatic carbocycles. The first-order valence-corrected chi connectivity index (χ1v) is 3.71. The summed E-state index contributed by atoms with van der Waals surface area (Å²) >= 11 is 0. The van der Waals surface area contributed by atoms with Crippen molar-refractivity contribution in [3.8, 4) is 0 Å². The summed E-state index contributed by atoms with van der Waals surface area (Å²) < 4.78 is 0. The molecule has 0 atom stereocenters. The number of hydrogen-bond acceptors (Lipinski definition) is 4. The van der Waals surface area contributed by atoms with Crippen LogP contribution in [-0.2, 0) is 14.4 Å². The summed E-state index contributed by atoms with van der Waals surface area (Å²) in [5, 5.41) is 8.32. The predicted octanol–water partition coefficient (Wildman–Crippen LogP) is -1.21. The fourth-order valence-corrected chi connectivity index (χ4v) is 0.775. The van der Waals surface area contributed by atoms with Crippen molar-refractivity contribution >= 4 is 17.8 Å². The van der Waals surface area contributed by atoms with E-state index in [1.807, 2.05) is 0 Å². The van der Waals surface area contributed by atoms with E-state index in [2.05, 4.69) is 0 Å². The Morgan fingerprint density at radius 1 is 1.38 bits per heavy atom.